The highest BCUT2D eigenvalue weighted by molar-refractivity contribution is 5.95. The van der Waals surface area contributed by atoms with Crippen LogP contribution in [-0.2, 0) is 13.0 Å². The van der Waals surface area contributed by atoms with Crippen LogP contribution in [0, 0.1) is 19.8 Å². The van der Waals surface area contributed by atoms with Crippen LogP contribution in [0.2, 0.25) is 0 Å². The second-order valence-electron chi connectivity index (χ2n) is 5.91. The van der Waals surface area contributed by atoms with Gasteiger partial charge >= 0.3 is 0 Å². The minimum Gasteiger partial charge on any atom is -0.466 e. The van der Waals surface area contributed by atoms with Crippen molar-refractivity contribution in [3.63, 3.8) is 0 Å². The Kier molecular flexibility index (Phi) is 3.57. The molecule has 21 heavy (non-hydrogen) atoms. The predicted molar refractivity (Wildman–Crippen MR) is 79.2 cm³/mol. The number of hydrogen-bond donors (Lipinski definition) is 0. The predicted octanol–water partition coefficient (Wildman–Crippen LogP) is 2.43. The van der Waals surface area contributed by atoms with E-state index >= 15 is 0 Å². The third-order valence-corrected chi connectivity index (χ3v) is 4.18. The Hall–Kier alpha value is -2.04. The molecule has 1 atom stereocenters. The Labute approximate surface area is 124 Å². The number of carbonyl (C=O) groups is 1. The monoisotopic (exact) mass is 287 g/mol. The van der Waals surface area contributed by atoms with Crippen LogP contribution in [0.4, 0.5) is 0 Å². The lowest BCUT2D eigenvalue weighted by molar-refractivity contribution is 0.0759. The van der Waals surface area contributed by atoms with Gasteiger partial charge in [0.25, 0.3) is 5.91 Å². The summed E-state index contributed by atoms with van der Waals surface area (Å²) in [7, 11) is 1.87. The molecule has 1 aliphatic heterocycles. The van der Waals surface area contributed by atoms with Crippen molar-refractivity contribution >= 4 is 5.91 Å². The first-order valence-electron chi connectivity index (χ1n) is 7.37. The summed E-state index contributed by atoms with van der Waals surface area (Å²) in [6.07, 6.45) is 5.94. The smallest absolute Gasteiger partial charge is 0.257 e. The highest BCUT2D eigenvalue weighted by Gasteiger charge is 2.24. The SMILES string of the molecule is Cc1cc(C(=O)N(C)C[C@@H]2CCc3nccn3C2)c(C)o1. The van der Waals surface area contributed by atoms with Gasteiger partial charge in [-0.15, -0.1) is 0 Å². The van der Waals surface area contributed by atoms with Crippen molar-refractivity contribution in [3.8, 4) is 0 Å². The van der Waals surface area contributed by atoms with Gasteiger partial charge in [-0.3, -0.25) is 4.79 Å². The fraction of sp³-hybridized carbons (Fsp3) is 0.500. The maximum absolute atomic E-state index is 12.5. The van der Waals surface area contributed by atoms with Crippen LogP contribution in [0.15, 0.2) is 22.9 Å². The summed E-state index contributed by atoms with van der Waals surface area (Å²) in [6, 6.07) is 1.82. The molecule has 0 aliphatic carbocycles. The maximum atomic E-state index is 12.5. The number of nitrogens with zero attached hydrogens (tertiary/aromatic N) is 3. The van der Waals surface area contributed by atoms with E-state index in [-0.39, 0.29) is 5.91 Å². The van der Waals surface area contributed by atoms with E-state index in [1.807, 2.05) is 44.3 Å². The van der Waals surface area contributed by atoms with Crippen LogP contribution < -0.4 is 0 Å². The van der Waals surface area contributed by atoms with E-state index in [4.69, 9.17) is 4.42 Å². The number of rotatable bonds is 3. The lowest BCUT2D eigenvalue weighted by Crippen LogP contribution is -2.35. The van der Waals surface area contributed by atoms with Gasteiger partial charge in [0.2, 0.25) is 0 Å². The summed E-state index contributed by atoms with van der Waals surface area (Å²) in [5, 5.41) is 0. The largest absolute Gasteiger partial charge is 0.466 e. The van der Waals surface area contributed by atoms with Gasteiger partial charge in [-0.2, -0.15) is 0 Å². The topological polar surface area (TPSA) is 51.3 Å². The Bertz CT molecular complexity index is 656. The van der Waals surface area contributed by atoms with E-state index in [9.17, 15) is 4.79 Å². The molecule has 0 aromatic carbocycles. The standard InChI is InChI=1S/C16H21N3O2/c1-11-8-14(12(2)21-11)16(20)18(3)9-13-4-5-15-17-6-7-19(15)10-13/h6-8,13H,4-5,9-10H2,1-3H3/t13-/m0/s1. The molecule has 2 aromatic heterocycles. The van der Waals surface area contributed by atoms with Crippen molar-refractivity contribution in [3.05, 3.63) is 41.4 Å². The lowest BCUT2D eigenvalue weighted by atomic mass is 9.98. The van der Waals surface area contributed by atoms with Crippen molar-refractivity contribution in [2.45, 2.75) is 33.2 Å². The summed E-state index contributed by atoms with van der Waals surface area (Å²) >= 11 is 0. The number of aryl methyl sites for hydroxylation is 3. The minimum absolute atomic E-state index is 0.0424. The second-order valence-corrected chi connectivity index (χ2v) is 5.91. The summed E-state index contributed by atoms with van der Waals surface area (Å²) < 4.78 is 7.65. The molecule has 0 radical (unpaired) electrons. The average molecular weight is 287 g/mol. The van der Waals surface area contributed by atoms with Gasteiger partial charge in [-0.1, -0.05) is 0 Å². The molecule has 0 spiro atoms. The quantitative estimate of drug-likeness (QED) is 0.871. The zero-order valence-corrected chi connectivity index (χ0v) is 12.8. The van der Waals surface area contributed by atoms with Crippen molar-refractivity contribution in [2.24, 2.45) is 5.92 Å². The van der Waals surface area contributed by atoms with Gasteiger partial charge in [0, 0.05) is 39.0 Å². The summed E-state index contributed by atoms with van der Waals surface area (Å²) in [5.74, 6) is 3.16. The number of imidazole rings is 1. The van der Waals surface area contributed by atoms with Gasteiger partial charge in [0.1, 0.15) is 17.3 Å². The molecule has 1 aliphatic rings. The minimum atomic E-state index is 0.0424. The maximum Gasteiger partial charge on any atom is 0.257 e. The number of aromatic nitrogens is 2. The van der Waals surface area contributed by atoms with Crippen LogP contribution in [0.1, 0.15) is 34.1 Å². The molecule has 3 heterocycles. The van der Waals surface area contributed by atoms with Gasteiger partial charge in [-0.05, 0) is 32.3 Å². The molecule has 2 aromatic rings. The van der Waals surface area contributed by atoms with Gasteiger partial charge in [-0.25, -0.2) is 4.98 Å². The molecule has 0 fully saturated rings. The van der Waals surface area contributed by atoms with Crippen LogP contribution >= 0.6 is 0 Å². The highest BCUT2D eigenvalue weighted by Crippen LogP contribution is 2.21. The van der Waals surface area contributed by atoms with Crippen molar-refractivity contribution in [1.29, 1.82) is 0 Å². The summed E-state index contributed by atoms with van der Waals surface area (Å²) in [4.78, 5) is 18.6. The van der Waals surface area contributed by atoms with Crippen LogP contribution in [0.5, 0.6) is 0 Å². The summed E-state index contributed by atoms with van der Waals surface area (Å²) in [5.41, 5.74) is 0.675. The van der Waals surface area contributed by atoms with Crippen molar-refractivity contribution in [2.75, 3.05) is 13.6 Å². The Morgan fingerprint density at radius 1 is 1.52 bits per heavy atom. The highest BCUT2D eigenvalue weighted by atomic mass is 16.3. The van der Waals surface area contributed by atoms with Crippen molar-refractivity contribution in [1.82, 2.24) is 14.5 Å². The Morgan fingerprint density at radius 2 is 2.33 bits per heavy atom. The van der Waals surface area contributed by atoms with Crippen molar-refractivity contribution < 1.29 is 9.21 Å². The third kappa shape index (κ3) is 2.73. The van der Waals surface area contributed by atoms with Crippen LogP contribution in [-0.4, -0.2) is 34.0 Å². The molecule has 3 rings (SSSR count). The Morgan fingerprint density at radius 3 is 3.05 bits per heavy atom. The Balaban J connectivity index is 1.65. The van der Waals surface area contributed by atoms with E-state index in [1.165, 1.54) is 0 Å². The van der Waals surface area contributed by atoms with E-state index in [0.29, 0.717) is 17.2 Å². The first-order valence-corrected chi connectivity index (χ1v) is 7.37. The first-order chi connectivity index (χ1) is 10.0. The molecular formula is C16H21N3O2. The lowest BCUT2D eigenvalue weighted by Gasteiger charge is -2.28. The molecular weight excluding hydrogens is 266 g/mol. The zero-order chi connectivity index (χ0) is 15.0. The molecule has 0 N–H and O–H groups in total. The number of carbonyl (C=O) groups excluding carboxylic acids is 1. The molecule has 5 heteroatoms. The molecule has 1 amide bonds. The average Bonchev–Trinajstić information content (AvgIpc) is 3.03. The molecule has 0 bridgehead atoms. The molecule has 0 unspecified atom stereocenters. The molecule has 112 valence electrons. The summed E-state index contributed by atoms with van der Waals surface area (Å²) in [6.45, 7) is 5.41. The number of furan rings is 1. The fourth-order valence-corrected chi connectivity index (χ4v) is 3.11. The van der Waals surface area contributed by atoms with Crippen LogP contribution in [0.3, 0.4) is 0 Å². The van der Waals surface area contributed by atoms with E-state index in [1.54, 1.807) is 0 Å². The van der Waals surface area contributed by atoms with E-state index in [0.717, 1.165) is 37.5 Å². The number of amides is 1. The normalized spacial score (nSPS) is 17.6. The zero-order valence-electron chi connectivity index (χ0n) is 12.8. The fourth-order valence-electron chi connectivity index (χ4n) is 3.11. The molecule has 0 saturated carbocycles. The van der Waals surface area contributed by atoms with Gasteiger partial charge < -0.3 is 13.9 Å². The third-order valence-electron chi connectivity index (χ3n) is 4.18. The van der Waals surface area contributed by atoms with E-state index < -0.39 is 0 Å². The first kappa shape index (κ1) is 13.9. The number of fused-ring (bicyclic) bond motifs is 1. The van der Waals surface area contributed by atoms with Crippen LogP contribution in [0.25, 0.3) is 0 Å². The van der Waals surface area contributed by atoms with Gasteiger partial charge in [0.05, 0.1) is 5.56 Å². The van der Waals surface area contributed by atoms with Gasteiger partial charge in [0.15, 0.2) is 0 Å². The molecule has 5 nitrogen and oxygen atoms in total. The number of hydrogen-bond acceptors (Lipinski definition) is 3. The van der Waals surface area contributed by atoms with E-state index in [2.05, 4.69) is 9.55 Å². The molecule has 0 saturated heterocycles. The second kappa shape index (κ2) is 5.39.